The Morgan fingerprint density at radius 1 is 0.907 bits per heavy atom. The molecule has 1 fully saturated rings. The molecule has 2 aromatic carbocycles. The number of carboxylic acids is 1. The van der Waals surface area contributed by atoms with Crippen LogP contribution in [0.25, 0.3) is 0 Å². The number of rotatable bonds is 13. The number of nitrogens with zero attached hydrogens (tertiary/aromatic N) is 3. The zero-order valence-electron chi connectivity index (χ0n) is 26.6. The molecule has 2 aromatic rings. The van der Waals surface area contributed by atoms with Crippen LogP contribution in [-0.2, 0) is 16.1 Å². The van der Waals surface area contributed by atoms with Gasteiger partial charge in [0.05, 0.1) is 6.42 Å². The van der Waals surface area contributed by atoms with E-state index in [4.69, 9.17) is 23.2 Å². The number of carbonyl (C=O) groups is 3. The average molecular weight is 633 g/mol. The van der Waals surface area contributed by atoms with Gasteiger partial charge in [0.2, 0.25) is 5.91 Å². The molecule has 0 radical (unpaired) electrons. The lowest BCUT2D eigenvalue weighted by molar-refractivity contribution is -0.144. The van der Waals surface area contributed by atoms with Gasteiger partial charge in [-0.3, -0.25) is 14.5 Å². The molecule has 3 atom stereocenters. The molecule has 0 aromatic heterocycles. The number of carboxylic acid groups (broad SMARTS) is 1. The van der Waals surface area contributed by atoms with Crippen LogP contribution in [0.1, 0.15) is 78.4 Å². The van der Waals surface area contributed by atoms with E-state index in [0.717, 1.165) is 18.4 Å². The van der Waals surface area contributed by atoms with Crippen molar-refractivity contribution in [3.8, 4) is 0 Å². The van der Waals surface area contributed by atoms with Gasteiger partial charge in [-0.25, -0.2) is 4.79 Å². The van der Waals surface area contributed by atoms with Crippen LogP contribution in [-0.4, -0.2) is 58.0 Å². The summed E-state index contributed by atoms with van der Waals surface area (Å²) in [5.41, 5.74) is 1.36. The summed E-state index contributed by atoms with van der Waals surface area (Å²) in [5.74, 6) is -0.292. The molecule has 1 N–H and O–H groups in total. The molecule has 1 aliphatic rings. The summed E-state index contributed by atoms with van der Waals surface area (Å²) in [5, 5.41) is 11.1. The van der Waals surface area contributed by atoms with Gasteiger partial charge in [-0.1, -0.05) is 74.7 Å². The van der Waals surface area contributed by atoms with Crippen LogP contribution in [0, 0.1) is 24.2 Å². The smallest absolute Gasteiger partial charge is 0.324 e. The number of hydrogen-bond donors (Lipinski definition) is 1. The van der Waals surface area contributed by atoms with Crippen LogP contribution in [0.3, 0.4) is 0 Å². The second-order valence-electron chi connectivity index (χ2n) is 13.3. The fourth-order valence-electron chi connectivity index (χ4n) is 6.54. The Balaban J connectivity index is 2.07. The standard InChI is InChI=1S/C34H47Cl2N3O4/c1-22(2)14-25(6)39(26(7)15-23(3)4)31(40)17-34(18-32(41)42)20-37(19-27-10-11-28(35)16-30(27)36)33(43)38(21-34)29-12-8-24(5)9-13-29/h8-13,16,22-23,25-26H,14-15,17-21H2,1-7H3,(H,41,42). The van der Waals surface area contributed by atoms with Gasteiger partial charge < -0.3 is 14.9 Å². The average Bonchev–Trinajstić information content (AvgIpc) is 2.87. The highest BCUT2D eigenvalue weighted by Crippen LogP contribution is 2.39. The minimum atomic E-state index is -1.03. The number of urea groups is 1. The molecule has 0 aliphatic carbocycles. The number of anilines is 1. The third-order valence-corrected chi connectivity index (χ3v) is 8.75. The fourth-order valence-corrected chi connectivity index (χ4v) is 7.01. The molecule has 3 amide bonds. The largest absolute Gasteiger partial charge is 0.481 e. The molecule has 1 saturated heterocycles. The van der Waals surface area contributed by atoms with Gasteiger partial charge in [0.15, 0.2) is 0 Å². The van der Waals surface area contributed by atoms with Crippen LogP contribution in [0.2, 0.25) is 10.0 Å². The van der Waals surface area contributed by atoms with E-state index in [1.165, 1.54) is 0 Å². The maximum Gasteiger partial charge on any atom is 0.324 e. The van der Waals surface area contributed by atoms with E-state index in [-0.39, 0.29) is 56.5 Å². The van der Waals surface area contributed by atoms with Gasteiger partial charge in [-0.15, -0.1) is 0 Å². The lowest BCUT2D eigenvalue weighted by Crippen LogP contribution is -2.60. The highest BCUT2D eigenvalue weighted by atomic mass is 35.5. The fraction of sp³-hybridized carbons (Fsp3) is 0.559. The van der Waals surface area contributed by atoms with Gasteiger partial charge in [-0.05, 0) is 75.3 Å². The Labute approximate surface area is 267 Å². The molecule has 0 bridgehead atoms. The normalized spacial score (nSPS) is 18.7. The molecule has 3 unspecified atom stereocenters. The number of amides is 3. The second-order valence-corrected chi connectivity index (χ2v) is 14.1. The molecule has 236 valence electrons. The molecule has 43 heavy (non-hydrogen) atoms. The summed E-state index contributed by atoms with van der Waals surface area (Å²) in [7, 11) is 0. The zero-order chi connectivity index (χ0) is 32.1. The Kier molecular flexibility index (Phi) is 12.0. The zero-order valence-corrected chi connectivity index (χ0v) is 28.1. The van der Waals surface area contributed by atoms with E-state index in [2.05, 4.69) is 41.5 Å². The number of hydrogen-bond acceptors (Lipinski definition) is 3. The van der Waals surface area contributed by atoms with Gasteiger partial charge in [0.25, 0.3) is 0 Å². The van der Waals surface area contributed by atoms with Crippen LogP contribution in [0.15, 0.2) is 42.5 Å². The Morgan fingerprint density at radius 2 is 1.49 bits per heavy atom. The first kappa shape index (κ1) is 34.7. The van der Waals surface area contributed by atoms with Crippen molar-refractivity contribution in [3.05, 3.63) is 63.6 Å². The molecule has 1 aliphatic heterocycles. The summed E-state index contributed by atoms with van der Waals surface area (Å²) in [4.78, 5) is 46.0. The molecule has 1 heterocycles. The lowest BCUT2D eigenvalue weighted by Gasteiger charge is -2.48. The molecular formula is C34H47Cl2N3O4. The van der Waals surface area contributed by atoms with Crippen molar-refractivity contribution >= 4 is 46.8 Å². The van der Waals surface area contributed by atoms with Crippen LogP contribution >= 0.6 is 23.2 Å². The minimum absolute atomic E-state index is 0.00462. The third-order valence-electron chi connectivity index (χ3n) is 8.16. The van der Waals surface area contributed by atoms with Crippen molar-refractivity contribution in [2.45, 2.75) is 92.8 Å². The highest BCUT2D eigenvalue weighted by molar-refractivity contribution is 6.35. The molecule has 0 spiro atoms. The van der Waals surface area contributed by atoms with Crippen molar-refractivity contribution in [2.24, 2.45) is 17.3 Å². The van der Waals surface area contributed by atoms with E-state index in [9.17, 15) is 19.5 Å². The number of aliphatic carboxylic acids is 1. The molecular weight excluding hydrogens is 585 g/mol. The second kappa shape index (κ2) is 14.8. The van der Waals surface area contributed by atoms with E-state index >= 15 is 0 Å². The lowest BCUT2D eigenvalue weighted by atomic mass is 9.77. The summed E-state index contributed by atoms with van der Waals surface area (Å²) in [6.45, 7) is 15.1. The predicted octanol–water partition coefficient (Wildman–Crippen LogP) is 8.29. The maximum atomic E-state index is 14.3. The SMILES string of the molecule is Cc1ccc(N2CC(CC(=O)O)(CC(=O)N(C(C)CC(C)C)C(C)CC(C)C)CN(Cc3ccc(Cl)cc3Cl)C2=O)cc1. The van der Waals surface area contributed by atoms with Gasteiger partial charge in [-0.2, -0.15) is 0 Å². The quantitative estimate of drug-likeness (QED) is 0.241. The summed E-state index contributed by atoms with van der Waals surface area (Å²) in [6, 6.07) is 12.4. The summed E-state index contributed by atoms with van der Waals surface area (Å²) >= 11 is 12.6. The topological polar surface area (TPSA) is 81.2 Å². The molecule has 3 rings (SSSR count). The molecule has 0 saturated carbocycles. The van der Waals surface area contributed by atoms with E-state index in [0.29, 0.717) is 33.1 Å². The van der Waals surface area contributed by atoms with E-state index in [1.54, 1.807) is 28.0 Å². The first-order valence-electron chi connectivity index (χ1n) is 15.2. The van der Waals surface area contributed by atoms with Crippen molar-refractivity contribution in [1.82, 2.24) is 9.80 Å². The number of halogens is 2. The minimum Gasteiger partial charge on any atom is -0.481 e. The monoisotopic (exact) mass is 631 g/mol. The third kappa shape index (κ3) is 9.36. The number of aryl methyl sites for hydroxylation is 1. The van der Waals surface area contributed by atoms with Crippen LogP contribution < -0.4 is 4.90 Å². The van der Waals surface area contributed by atoms with Crippen molar-refractivity contribution in [3.63, 3.8) is 0 Å². The molecule has 9 heteroatoms. The van der Waals surface area contributed by atoms with Gasteiger partial charge >= 0.3 is 12.0 Å². The van der Waals surface area contributed by atoms with E-state index in [1.807, 2.05) is 36.1 Å². The summed E-state index contributed by atoms with van der Waals surface area (Å²) in [6.07, 6.45) is 1.43. The maximum absolute atomic E-state index is 14.3. The van der Waals surface area contributed by atoms with Gasteiger partial charge in [0.1, 0.15) is 0 Å². The first-order chi connectivity index (χ1) is 20.1. The Hall–Kier alpha value is -2.77. The predicted molar refractivity (Wildman–Crippen MR) is 175 cm³/mol. The first-order valence-corrected chi connectivity index (χ1v) is 16.0. The highest BCUT2D eigenvalue weighted by Gasteiger charge is 2.47. The van der Waals surface area contributed by atoms with Gasteiger partial charge in [0, 0.05) is 59.3 Å². The van der Waals surface area contributed by atoms with Crippen molar-refractivity contribution < 1.29 is 19.5 Å². The number of benzene rings is 2. The number of carbonyl (C=O) groups excluding carboxylic acids is 2. The van der Waals surface area contributed by atoms with E-state index < -0.39 is 11.4 Å². The summed E-state index contributed by atoms with van der Waals surface area (Å²) < 4.78 is 0. The van der Waals surface area contributed by atoms with Crippen LogP contribution in [0.5, 0.6) is 0 Å². The van der Waals surface area contributed by atoms with Crippen molar-refractivity contribution in [2.75, 3.05) is 18.0 Å². The van der Waals surface area contributed by atoms with Crippen molar-refractivity contribution in [1.29, 1.82) is 0 Å². The Morgan fingerprint density at radius 3 is 2.00 bits per heavy atom. The Bertz CT molecular complexity index is 1270. The molecule has 7 nitrogen and oxygen atoms in total. The van der Waals surface area contributed by atoms with Crippen LogP contribution in [0.4, 0.5) is 10.5 Å².